The van der Waals surface area contributed by atoms with Crippen molar-refractivity contribution in [2.45, 2.75) is 13.0 Å². The first kappa shape index (κ1) is 16.8. The monoisotopic (exact) mass is 410 g/mol. The van der Waals surface area contributed by atoms with Gasteiger partial charge in [0.15, 0.2) is 0 Å². The number of fused-ring (bicyclic) bond motifs is 1. The highest BCUT2D eigenvalue weighted by Gasteiger charge is 2.19. The lowest BCUT2D eigenvalue weighted by Gasteiger charge is -2.26. The maximum atomic E-state index is 12.4. The summed E-state index contributed by atoms with van der Waals surface area (Å²) < 4.78 is 1.01. The van der Waals surface area contributed by atoms with Crippen molar-refractivity contribution in [2.75, 3.05) is 13.1 Å². The number of rotatable bonds is 3. The molecule has 0 atom stereocenters. The van der Waals surface area contributed by atoms with E-state index in [2.05, 4.69) is 43.4 Å². The molecule has 5 nitrogen and oxygen atoms in total. The van der Waals surface area contributed by atoms with E-state index in [9.17, 15) is 4.79 Å². The van der Waals surface area contributed by atoms with E-state index in [1.165, 1.54) is 11.1 Å². The summed E-state index contributed by atoms with van der Waals surface area (Å²) in [6.07, 6.45) is 6.77. The molecule has 4 rings (SSSR count). The van der Waals surface area contributed by atoms with Crippen molar-refractivity contribution in [3.8, 4) is 0 Å². The molecule has 3 aromatic rings. The molecular formula is C20H19BrN4O. The third-order valence-corrected chi connectivity index (χ3v) is 5.45. The number of carbonyl (C=O) groups excluding carboxylic acids is 1. The van der Waals surface area contributed by atoms with Crippen molar-refractivity contribution >= 4 is 38.6 Å². The highest BCUT2D eigenvalue weighted by Crippen LogP contribution is 2.28. The molecule has 0 spiro atoms. The molecule has 2 N–H and O–H groups in total. The number of aromatic nitrogens is 2. The van der Waals surface area contributed by atoms with Gasteiger partial charge in [-0.3, -0.25) is 0 Å². The van der Waals surface area contributed by atoms with E-state index in [0.29, 0.717) is 19.6 Å². The predicted octanol–water partition coefficient (Wildman–Crippen LogP) is 4.32. The highest BCUT2D eigenvalue weighted by atomic mass is 79.9. The first-order valence-electron chi connectivity index (χ1n) is 8.60. The molecule has 132 valence electrons. The van der Waals surface area contributed by atoms with Crippen LogP contribution < -0.4 is 5.32 Å². The van der Waals surface area contributed by atoms with Crippen molar-refractivity contribution in [2.24, 2.45) is 0 Å². The standard InChI is InChI=1S/C20H19BrN4O/c21-18-6-2-1-4-15(18)12-24-20(26)25-10-7-14(8-11-25)17-13-23-19-16(17)5-3-9-22-19/h1-7,9,13H,8,10-12H2,(H,22,23)(H,24,26). The average molecular weight is 411 g/mol. The van der Waals surface area contributed by atoms with Gasteiger partial charge < -0.3 is 15.2 Å². The van der Waals surface area contributed by atoms with E-state index >= 15 is 0 Å². The van der Waals surface area contributed by atoms with Gasteiger partial charge in [-0.15, -0.1) is 0 Å². The Morgan fingerprint density at radius 1 is 1.27 bits per heavy atom. The zero-order chi connectivity index (χ0) is 17.9. The number of halogens is 1. The summed E-state index contributed by atoms with van der Waals surface area (Å²) in [5.74, 6) is 0. The van der Waals surface area contributed by atoms with Crippen LogP contribution >= 0.6 is 15.9 Å². The van der Waals surface area contributed by atoms with Gasteiger partial charge in [0.2, 0.25) is 0 Å². The quantitative estimate of drug-likeness (QED) is 0.674. The summed E-state index contributed by atoms with van der Waals surface area (Å²) in [5.41, 5.74) is 4.41. The molecule has 0 saturated carbocycles. The number of amides is 2. The van der Waals surface area contributed by atoms with E-state index in [1.807, 2.05) is 41.4 Å². The van der Waals surface area contributed by atoms with E-state index < -0.39 is 0 Å². The Morgan fingerprint density at radius 3 is 2.96 bits per heavy atom. The van der Waals surface area contributed by atoms with Crippen LogP contribution in [-0.2, 0) is 6.54 Å². The van der Waals surface area contributed by atoms with Crippen molar-refractivity contribution < 1.29 is 4.79 Å². The summed E-state index contributed by atoms with van der Waals surface area (Å²) in [7, 11) is 0. The molecular weight excluding hydrogens is 392 g/mol. The molecule has 0 radical (unpaired) electrons. The van der Waals surface area contributed by atoms with Crippen molar-refractivity contribution in [3.05, 3.63) is 70.5 Å². The largest absolute Gasteiger partial charge is 0.346 e. The fourth-order valence-corrected chi connectivity index (χ4v) is 3.67. The molecule has 0 bridgehead atoms. The van der Waals surface area contributed by atoms with Crippen LogP contribution in [-0.4, -0.2) is 34.0 Å². The predicted molar refractivity (Wildman–Crippen MR) is 107 cm³/mol. The maximum absolute atomic E-state index is 12.4. The van der Waals surface area contributed by atoms with Crippen molar-refractivity contribution in [1.29, 1.82) is 0 Å². The number of benzene rings is 1. The molecule has 1 aliphatic heterocycles. The van der Waals surface area contributed by atoms with Crippen molar-refractivity contribution in [3.63, 3.8) is 0 Å². The van der Waals surface area contributed by atoms with Crippen LogP contribution in [0.5, 0.6) is 0 Å². The normalized spacial score (nSPS) is 14.3. The summed E-state index contributed by atoms with van der Waals surface area (Å²) in [4.78, 5) is 21.8. The van der Waals surface area contributed by atoms with Gasteiger partial charge in [0.25, 0.3) is 0 Å². The second-order valence-corrected chi connectivity index (χ2v) is 7.13. The molecule has 26 heavy (non-hydrogen) atoms. The second-order valence-electron chi connectivity index (χ2n) is 6.28. The molecule has 2 amide bonds. The zero-order valence-electron chi connectivity index (χ0n) is 14.2. The number of nitrogens with zero attached hydrogens (tertiary/aromatic N) is 2. The van der Waals surface area contributed by atoms with Gasteiger partial charge in [0.05, 0.1) is 0 Å². The lowest BCUT2D eigenvalue weighted by Crippen LogP contribution is -2.41. The van der Waals surface area contributed by atoms with Crippen LogP contribution in [0.1, 0.15) is 17.5 Å². The lowest BCUT2D eigenvalue weighted by molar-refractivity contribution is 0.202. The molecule has 0 aliphatic carbocycles. The molecule has 0 fully saturated rings. The summed E-state index contributed by atoms with van der Waals surface area (Å²) in [6.45, 7) is 1.84. The first-order valence-corrected chi connectivity index (χ1v) is 9.39. The van der Waals surface area contributed by atoms with E-state index in [-0.39, 0.29) is 6.03 Å². The Morgan fingerprint density at radius 2 is 2.15 bits per heavy atom. The number of H-pyrrole nitrogens is 1. The molecule has 1 aliphatic rings. The topological polar surface area (TPSA) is 61.0 Å². The van der Waals surface area contributed by atoms with Crippen LogP contribution in [0.15, 0.2) is 59.3 Å². The molecule has 6 heteroatoms. The number of hydrogen-bond acceptors (Lipinski definition) is 2. The average Bonchev–Trinajstić information content (AvgIpc) is 3.11. The molecule has 3 heterocycles. The number of pyridine rings is 1. The maximum Gasteiger partial charge on any atom is 0.317 e. The minimum atomic E-state index is -0.0309. The van der Waals surface area contributed by atoms with E-state index in [1.54, 1.807) is 6.20 Å². The first-order chi connectivity index (χ1) is 12.7. The minimum absolute atomic E-state index is 0.0309. The fourth-order valence-electron chi connectivity index (χ4n) is 3.24. The number of aromatic amines is 1. The third kappa shape index (κ3) is 3.37. The highest BCUT2D eigenvalue weighted by molar-refractivity contribution is 9.10. The van der Waals surface area contributed by atoms with E-state index in [4.69, 9.17) is 0 Å². The number of urea groups is 1. The Balaban J connectivity index is 1.41. The van der Waals surface area contributed by atoms with Gasteiger partial charge in [-0.2, -0.15) is 0 Å². The molecule has 0 saturated heterocycles. The minimum Gasteiger partial charge on any atom is -0.346 e. The molecule has 1 aromatic carbocycles. The van der Waals surface area contributed by atoms with Gasteiger partial charge in [0, 0.05) is 47.5 Å². The molecule has 0 unspecified atom stereocenters. The van der Waals surface area contributed by atoms with Crippen LogP contribution in [0.4, 0.5) is 4.79 Å². The van der Waals surface area contributed by atoms with Gasteiger partial charge in [-0.05, 0) is 35.8 Å². The number of hydrogen-bond donors (Lipinski definition) is 2. The summed E-state index contributed by atoms with van der Waals surface area (Å²) >= 11 is 3.51. The zero-order valence-corrected chi connectivity index (χ0v) is 15.8. The van der Waals surface area contributed by atoms with Gasteiger partial charge in [0.1, 0.15) is 5.65 Å². The van der Waals surface area contributed by atoms with Crippen LogP contribution in [0.3, 0.4) is 0 Å². The van der Waals surface area contributed by atoms with Gasteiger partial charge in [-0.25, -0.2) is 9.78 Å². The van der Waals surface area contributed by atoms with Crippen LogP contribution in [0.25, 0.3) is 16.6 Å². The van der Waals surface area contributed by atoms with Crippen LogP contribution in [0.2, 0.25) is 0 Å². The number of carbonyl (C=O) groups is 1. The molecule has 2 aromatic heterocycles. The van der Waals surface area contributed by atoms with Crippen molar-refractivity contribution in [1.82, 2.24) is 20.2 Å². The summed E-state index contributed by atoms with van der Waals surface area (Å²) in [5, 5.41) is 4.13. The number of nitrogens with one attached hydrogen (secondary N) is 2. The fraction of sp³-hybridized carbons (Fsp3) is 0.200. The van der Waals surface area contributed by atoms with Gasteiger partial charge in [-0.1, -0.05) is 40.2 Å². The smallest absolute Gasteiger partial charge is 0.317 e. The van der Waals surface area contributed by atoms with Crippen LogP contribution in [0, 0.1) is 0 Å². The second kappa shape index (κ2) is 7.33. The Bertz CT molecular complexity index is 979. The lowest BCUT2D eigenvalue weighted by atomic mass is 10.00. The Hall–Kier alpha value is -2.60. The summed E-state index contributed by atoms with van der Waals surface area (Å²) in [6, 6.07) is 11.9. The van der Waals surface area contributed by atoms with Gasteiger partial charge >= 0.3 is 6.03 Å². The third-order valence-electron chi connectivity index (χ3n) is 4.68. The SMILES string of the molecule is O=C(NCc1ccccc1Br)N1CC=C(c2c[nH]c3ncccc23)CC1. The van der Waals surface area contributed by atoms with E-state index in [0.717, 1.165) is 27.5 Å². The Labute approximate surface area is 160 Å². The Kier molecular flexibility index (Phi) is 4.75.